The van der Waals surface area contributed by atoms with Crippen LogP contribution in [-0.4, -0.2) is 25.2 Å². The Kier molecular flexibility index (Phi) is 3.16. The van der Waals surface area contributed by atoms with Gasteiger partial charge in [0.25, 0.3) is 0 Å². The Labute approximate surface area is 66.5 Å². The van der Waals surface area contributed by atoms with E-state index in [-0.39, 0.29) is 0 Å². The first-order chi connectivity index (χ1) is 5.29. The predicted molar refractivity (Wildman–Crippen MR) is 43.2 cm³/mol. The van der Waals surface area contributed by atoms with Crippen molar-refractivity contribution in [2.75, 3.05) is 13.1 Å². The number of nitrogens with two attached hydrogens (primary N) is 1. The minimum Gasteiger partial charge on any atom is -0.352 e. The molecule has 11 heavy (non-hydrogen) atoms. The van der Waals surface area contributed by atoms with Crippen molar-refractivity contribution in [2.24, 2.45) is 5.73 Å². The molecule has 0 unspecified atom stereocenters. The van der Waals surface area contributed by atoms with Crippen molar-refractivity contribution in [1.82, 2.24) is 10.6 Å². The molecule has 0 bridgehead atoms. The number of primary amides is 1. The Morgan fingerprint density at radius 3 is 2.73 bits per heavy atom. The minimum atomic E-state index is -0.434. The van der Waals surface area contributed by atoms with Crippen molar-refractivity contribution in [2.45, 2.75) is 25.3 Å². The molecule has 2 amide bonds. The van der Waals surface area contributed by atoms with E-state index in [1.807, 2.05) is 0 Å². The van der Waals surface area contributed by atoms with Gasteiger partial charge >= 0.3 is 6.03 Å². The average molecular weight is 157 g/mol. The number of carbonyl (C=O) groups excluding carboxylic acids is 1. The lowest BCUT2D eigenvalue weighted by Gasteiger charge is -2.02. The minimum absolute atomic E-state index is 0.434. The van der Waals surface area contributed by atoms with Gasteiger partial charge in [-0.15, -0.1) is 0 Å². The van der Waals surface area contributed by atoms with Crippen molar-refractivity contribution in [1.29, 1.82) is 0 Å². The summed E-state index contributed by atoms with van der Waals surface area (Å²) in [5, 5.41) is 5.88. The lowest BCUT2D eigenvalue weighted by molar-refractivity contribution is 0.249. The second kappa shape index (κ2) is 4.18. The van der Waals surface area contributed by atoms with Gasteiger partial charge in [-0.2, -0.15) is 0 Å². The molecule has 0 aromatic rings. The number of rotatable bonds is 5. The van der Waals surface area contributed by atoms with Gasteiger partial charge in [0.1, 0.15) is 0 Å². The zero-order valence-corrected chi connectivity index (χ0v) is 6.60. The van der Waals surface area contributed by atoms with E-state index < -0.39 is 6.03 Å². The molecule has 0 saturated heterocycles. The molecule has 0 aromatic heterocycles. The van der Waals surface area contributed by atoms with Gasteiger partial charge in [0, 0.05) is 12.6 Å². The van der Waals surface area contributed by atoms with Gasteiger partial charge in [-0.3, -0.25) is 0 Å². The topological polar surface area (TPSA) is 67.2 Å². The van der Waals surface area contributed by atoms with Crippen molar-refractivity contribution < 1.29 is 4.79 Å². The average Bonchev–Trinajstić information content (AvgIpc) is 2.70. The van der Waals surface area contributed by atoms with Gasteiger partial charge in [-0.1, -0.05) is 0 Å². The Balaban J connectivity index is 1.76. The summed E-state index contributed by atoms with van der Waals surface area (Å²) in [7, 11) is 0. The third-order valence-corrected chi connectivity index (χ3v) is 1.66. The maximum atomic E-state index is 10.2. The number of hydrogen-bond donors (Lipinski definition) is 3. The van der Waals surface area contributed by atoms with Crippen LogP contribution >= 0.6 is 0 Å². The van der Waals surface area contributed by atoms with Gasteiger partial charge in [-0.25, -0.2) is 4.79 Å². The molecule has 1 rings (SSSR count). The molecule has 0 atom stereocenters. The molecule has 1 saturated carbocycles. The molecule has 1 aliphatic rings. The Morgan fingerprint density at radius 2 is 2.18 bits per heavy atom. The predicted octanol–water partition coefficient (Wildman–Crippen LogP) is -0.203. The highest BCUT2D eigenvalue weighted by molar-refractivity contribution is 5.71. The zero-order chi connectivity index (χ0) is 8.10. The van der Waals surface area contributed by atoms with Crippen molar-refractivity contribution in [3.05, 3.63) is 0 Å². The van der Waals surface area contributed by atoms with Crippen LogP contribution in [0.1, 0.15) is 19.3 Å². The van der Waals surface area contributed by atoms with Crippen molar-refractivity contribution in [3.8, 4) is 0 Å². The summed E-state index contributed by atoms with van der Waals surface area (Å²) < 4.78 is 0. The van der Waals surface area contributed by atoms with Crippen LogP contribution in [0.25, 0.3) is 0 Å². The molecule has 0 heterocycles. The first-order valence-corrected chi connectivity index (χ1v) is 4.06. The van der Waals surface area contributed by atoms with Crippen LogP contribution in [0.4, 0.5) is 4.79 Å². The fourth-order valence-corrected chi connectivity index (χ4v) is 0.894. The van der Waals surface area contributed by atoms with Crippen LogP contribution in [-0.2, 0) is 0 Å². The molecular weight excluding hydrogens is 142 g/mol. The van der Waals surface area contributed by atoms with Gasteiger partial charge < -0.3 is 16.4 Å². The number of amides is 2. The smallest absolute Gasteiger partial charge is 0.312 e. The van der Waals surface area contributed by atoms with Gasteiger partial charge in [0.15, 0.2) is 0 Å². The van der Waals surface area contributed by atoms with Crippen LogP contribution < -0.4 is 16.4 Å². The SMILES string of the molecule is NC(=O)NCCCNC1CC1. The molecular formula is C7H15N3O. The van der Waals surface area contributed by atoms with E-state index in [2.05, 4.69) is 10.6 Å². The highest BCUT2D eigenvalue weighted by Gasteiger charge is 2.19. The molecule has 1 aliphatic carbocycles. The summed E-state index contributed by atoms with van der Waals surface area (Å²) in [5.41, 5.74) is 4.88. The van der Waals surface area contributed by atoms with Crippen molar-refractivity contribution >= 4 is 6.03 Å². The van der Waals surface area contributed by atoms with Gasteiger partial charge in [0.2, 0.25) is 0 Å². The van der Waals surface area contributed by atoms with Crippen LogP contribution in [0.2, 0.25) is 0 Å². The number of carbonyl (C=O) groups is 1. The molecule has 0 aromatic carbocycles. The Bertz CT molecular complexity index is 134. The molecule has 0 aliphatic heterocycles. The zero-order valence-electron chi connectivity index (χ0n) is 6.60. The van der Waals surface area contributed by atoms with Crippen molar-refractivity contribution in [3.63, 3.8) is 0 Å². The quantitative estimate of drug-likeness (QED) is 0.484. The summed E-state index contributed by atoms with van der Waals surface area (Å²) in [6.45, 7) is 1.65. The van der Waals surface area contributed by atoms with E-state index in [1.165, 1.54) is 12.8 Å². The second-order valence-electron chi connectivity index (χ2n) is 2.87. The normalized spacial score (nSPS) is 16.4. The third-order valence-electron chi connectivity index (χ3n) is 1.66. The Morgan fingerprint density at radius 1 is 1.45 bits per heavy atom. The van der Waals surface area contributed by atoms with Gasteiger partial charge in [-0.05, 0) is 25.8 Å². The Hall–Kier alpha value is -0.770. The van der Waals surface area contributed by atoms with Crippen LogP contribution in [0.5, 0.6) is 0 Å². The van der Waals surface area contributed by atoms with Crippen LogP contribution in [0.3, 0.4) is 0 Å². The monoisotopic (exact) mass is 157 g/mol. The van der Waals surface area contributed by atoms with E-state index in [4.69, 9.17) is 5.73 Å². The van der Waals surface area contributed by atoms with E-state index in [0.29, 0.717) is 6.54 Å². The van der Waals surface area contributed by atoms with Crippen LogP contribution in [0.15, 0.2) is 0 Å². The molecule has 64 valence electrons. The lowest BCUT2D eigenvalue weighted by Crippen LogP contribution is -2.31. The molecule has 1 fully saturated rings. The van der Waals surface area contributed by atoms with E-state index in [0.717, 1.165) is 19.0 Å². The fraction of sp³-hybridized carbons (Fsp3) is 0.857. The largest absolute Gasteiger partial charge is 0.352 e. The molecule has 4 heteroatoms. The summed E-state index contributed by atoms with van der Waals surface area (Å²) in [4.78, 5) is 10.2. The molecule has 4 N–H and O–H groups in total. The molecule has 0 radical (unpaired) electrons. The summed E-state index contributed by atoms with van der Waals surface area (Å²) in [6, 6.07) is 0.319. The maximum absolute atomic E-state index is 10.2. The van der Waals surface area contributed by atoms with E-state index >= 15 is 0 Å². The number of urea groups is 1. The van der Waals surface area contributed by atoms with E-state index in [1.54, 1.807) is 0 Å². The maximum Gasteiger partial charge on any atom is 0.312 e. The molecule has 0 spiro atoms. The van der Waals surface area contributed by atoms with E-state index in [9.17, 15) is 4.79 Å². The summed E-state index contributed by atoms with van der Waals surface area (Å²) in [6.07, 6.45) is 3.58. The lowest BCUT2D eigenvalue weighted by atomic mass is 10.4. The summed E-state index contributed by atoms with van der Waals surface area (Å²) in [5.74, 6) is 0. The first-order valence-electron chi connectivity index (χ1n) is 4.06. The number of hydrogen-bond acceptors (Lipinski definition) is 2. The number of nitrogens with one attached hydrogen (secondary N) is 2. The molecule has 4 nitrogen and oxygen atoms in total. The highest BCUT2D eigenvalue weighted by Crippen LogP contribution is 2.17. The fourth-order valence-electron chi connectivity index (χ4n) is 0.894. The summed E-state index contributed by atoms with van der Waals surface area (Å²) >= 11 is 0. The third kappa shape index (κ3) is 4.61. The highest BCUT2D eigenvalue weighted by atomic mass is 16.2. The second-order valence-corrected chi connectivity index (χ2v) is 2.87. The first kappa shape index (κ1) is 8.33. The van der Waals surface area contributed by atoms with Crippen LogP contribution in [0, 0.1) is 0 Å². The van der Waals surface area contributed by atoms with Gasteiger partial charge in [0.05, 0.1) is 0 Å². The standard InChI is InChI=1S/C7H15N3O/c8-7(11)10-5-1-4-9-6-2-3-6/h6,9H,1-5H2,(H3,8,10,11).